The van der Waals surface area contributed by atoms with Gasteiger partial charge in [0.15, 0.2) is 5.96 Å². The quantitative estimate of drug-likeness (QED) is 0.610. The van der Waals surface area contributed by atoms with Crippen LogP contribution in [0.25, 0.3) is 0 Å². The van der Waals surface area contributed by atoms with Crippen molar-refractivity contribution in [1.29, 1.82) is 0 Å². The maximum Gasteiger partial charge on any atom is 0.225 e. The molecule has 0 aromatic heterocycles. The third kappa shape index (κ3) is 5.70. The highest BCUT2D eigenvalue weighted by Crippen LogP contribution is 2.28. The van der Waals surface area contributed by atoms with E-state index in [2.05, 4.69) is 27.2 Å². The van der Waals surface area contributed by atoms with Crippen LogP contribution in [0.5, 0.6) is 0 Å². The molecule has 0 spiro atoms. The lowest BCUT2D eigenvalue weighted by Crippen LogP contribution is -2.52. The maximum absolute atomic E-state index is 12.3. The van der Waals surface area contributed by atoms with E-state index in [0.717, 1.165) is 58.1 Å². The number of guanidine groups is 1. The molecule has 0 bridgehead atoms. The van der Waals surface area contributed by atoms with Crippen LogP contribution in [0, 0.1) is 5.92 Å². The Morgan fingerprint density at radius 3 is 2.44 bits per heavy atom. The second kappa shape index (κ2) is 9.74. The fraction of sp³-hybridized carbons (Fsp3) is 0.619. The highest BCUT2D eigenvalue weighted by atomic mass is 16.2. The molecule has 1 aliphatic carbocycles. The third-order valence-electron chi connectivity index (χ3n) is 5.53. The molecule has 1 aromatic rings. The van der Waals surface area contributed by atoms with Crippen molar-refractivity contribution in [3.05, 3.63) is 35.9 Å². The van der Waals surface area contributed by atoms with Gasteiger partial charge in [0.05, 0.1) is 6.54 Å². The highest BCUT2D eigenvalue weighted by Gasteiger charge is 2.30. The first-order chi connectivity index (χ1) is 13.1. The lowest BCUT2D eigenvalue weighted by molar-refractivity contribution is -0.139. The van der Waals surface area contributed by atoms with E-state index in [1.165, 1.54) is 12.0 Å². The molecule has 3 rings (SSSR count). The van der Waals surface area contributed by atoms with E-state index in [4.69, 9.17) is 4.99 Å². The van der Waals surface area contributed by atoms with Gasteiger partial charge in [0, 0.05) is 59.3 Å². The van der Waals surface area contributed by atoms with Crippen LogP contribution in [0.4, 0.5) is 0 Å². The molecule has 1 saturated heterocycles. The largest absolute Gasteiger partial charge is 0.355 e. The van der Waals surface area contributed by atoms with Crippen LogP contribution in [0.2, 0.25) is 0 Å². The van der Waals surface area contributed by atoms with Crippen LogP contribution in [0.1, 0.15) is 24.8 Å². The summed E-state index contributed by atoms with van der Waals surface area (Å²) in [5, 5.41) is 3.46. The first-order valence-electron chi connectivity index (χ1n) is 10.1. The second-order valence-corrected chi connectivity index (χ2v) is 7.74. The average molecular weight is 372 g/mol. The van der Waals surface area contributed by atoms with E-state index in [-0.39, 0.29) is 0 Å². The fourth-order valence-electron chi connectivity index (χ4n) is 3.54. The zero-order valence-corrected chi connectivity index (χ0v) is 16.7. The standard InChI is InChI=1S/C21H33N5O/c1-24(2)21(23-17-18-7-4-3-5-8-18)22-11-12-25-13-15-26(16-14-25)20(27)19-9-6-10-19/h3-5,7-8,19H,6,9-17H2,1-2H3,(H,22,23). The van der Waals surface area contributed by atoms with Crippen molar-refractivity contribution in [2.45, 2.75) is 25.8 Å². The predicted molar refractivity (Wildman–Crippen MR) is 110 cm³/mol. The van der Waals surface area contributed by atoms with E-state index < -0.39 is 0 Å². The van der Waals surface area contributed by atoms with Crippen molar-refractivity contribution in [2.24, 2.45) is 10.9 Å². The molecule has 0 atom stereocenters. The summed E-state index contributed by atoms with van der Waals surface area (Å²) >= 11 is 0. The number of nitrogens with zero attached hydrogens (tertiary/aromatic N) is 4. The van der Waals surface area contributed by atoms with Crippen LogP contribution >= 0.6 is 0 Å². The number of piperazine rings is 1. The molecular formula is C21H33N5O. The van der Waals surface area contributed by atoms with E-state index in [1.807, 2.05) is 37.2 Å². The van der Waals surface area contributed by atoms with Crippen LogP contribution in [-0.4, -0.2) is 79.9 Å². The Labute approximate surface area is 163 Å². The Balaban J connectivity index is 1.38. The van der Waals surface area contributed by atoms with E-state index >= 15 is 0 Å². The summed E-state index contributed by atoms with van der Waals surface area (Å²) in [5.74, 6) is 1.63. The summed E-state index contributed by atoms with van der Waals surface area (Å²) in [7, 11) is 4.03. The number of amides is 1. The summed E-state index contributed by atoms with van der Waals surface area (Å²) < 4.78 is 0. The molecule has 2 aliphatic rings. The molecule has 0 radical (unpaired) electrons. The van der Waals surface area contributed by atoms with Crippen molar-refractivity contribution in [3.8, 4) is 0 Å². The van der Waals surface area contributed by atoms with Crippen LogP contribution in [-0.2, 0) is 11.3 Å². The molecule has 27 heavy (non-hydrogen) atoms. The number of rotatable bonds is 6. The predicted octanol–water partition coefficient (Wildman–Crippen LogP) is 1.64. The smallest absolute Gasteiger partial charge is 0.225 e. The van der Waals surface area contributed by atoms with Crippen molar-refractivity contribution >= 4 is 11.9 Å². The molecule has 2 fully saturated rings. The average Bonchev–Trinajstić information content (AvgIpc) is 2.64. The number of carbonyl (C=O) groups is 1. The zero-order valence-electron chi connectivity index (χ0n) is 16.7. The topological polar surface area (TPSA) is 51.2 Å². The molecule has 1 N–H and O–H groups in total. The number of hydrogen-bond acceptors (Lipinski definition) is 3. The fourth-order valence-corrected chi connectivity index (χ4v) is 3.54. The van der Waals surface area contributed by atoms with Gasteiger partial charge in [0.25, 0.3) is 0 Å². The first-order valence-corrected chi connectivity index (χ1v) is 10.1. The van der Waals surface area contributed by atoms with Crippen molar-refractivity contribution in [2.75, 3.05) is 53.4 Å². The van der Waals surface area contributed by atoms with Gasteiger partial charge in [0.2, 0.25) is 5.91 Å². The number of hydrogen-bond donors (Lipinski definition) is 1. The number of aliphatic imine (C=N–C) groups is 1. The molecule has 1 amide bonds. The van der Waals surface area contributed by atoms with Crippen LogP contribution in [0.15, 0.2) is 35.3 Å². The summed E-state index contributed by atoms with van der Waals surface area (Å²) in [5.41, 5.74) is 1.21. The molecule has 1 saturated carbocycles. The Bertz CT molecular complexity index is 619. The van der Waals surface area contributed by atoms with Gasteiger partial charge in [-0.3, -0.25) is 9.69 Å². The lowest BCUT2D eigenvalue weighted by Gasteiger charge is -2.38. The van der Waals surface area contributed by atoms with E-state index in [0.29, 0.717) is 18.4 Å². The molecule has 1 heterocycles. The van der Waals surface area contributed by atoms with Crippen molar-refractivity contribution in [1.82, 2.24) is 20.0 Å². The number of carbonyl (C=O) groups excluding carboxylic acids is 1. The van der Waals surface area contributed by atoms with Gasteiger partial charge >= 0.3 is 0 Å². The summed E-state index contributed by atoms with van der Waals surface area (Å²) in [6.45, 7) is 6.21. The molecular weight excluding hydrogens is 338 g/mol. The number of benzene rings is 1. The van der Waals surface area contributed by atoms with Gasteiger partial charge in [-0.05, 0) is 18.4 Å². The summed E-state index contributed by atoms with van der Waals surface area (Å²) in [6, 6.07) is 10.3. The Hall–Kier alpha value is -2.08. The molecule has 6 nitrogen and oxygen atoms in total. The maximum atomic E-state index is 12.3. The molecule has 1 aromatic carbocycles. The van der Waals surface area contributed by atoms with Gasteiger partial charge in [0.1, 0.15) is 0 Å². The van der Waals surface area contributed by atoms with Crippen molar-refractivity contribution in [3.63, 3.8) is 0 Å². The number of nitrogens with one attached hydrogen (secondary N) is 1. The van der Waals surface area contributed by atoms with Gasteiger partial charge in [-0.25, -0.2) is 4.99 Å². The monoisotopic (exact) mass is 371 g/mol. The van der Waals surface area contributed by atoms with Crippen LogP contribution < -0.4 is 5.32 Å². The van der Waals surface area contributed by atoms with E-state index in [9.17, 15) is 4.79 Å². The Kier molecular flexibility index (Phi) is 7.10. The summed E-state index contributed by atoms with van der Waals surface area (Å²) in [6.07, 6.45) is 3.42. The first kappa shape index (κ1) is 19.7. The Morgan fingerprint density at radius 2 is 1.85 bits per heavy atom. The summed E-state index contributed by atoms with van der Waals surface area (Å²) in [4.78, 5) is 23.6. The molecule has 148 valence electrons. The zero-order chi connectivity index (χ0) is 19.1. The molecule has 0 unspecified atom stereocenters. The minimum atomic E-state index is 0.321. The minimum Gasteiger partial charge on any atom is -0.355 e. The third-order valence-corrected chi connectivity index (χ3v) is 5.53. The normalized spacial score (nSPS) is 18.9. The second-order valence-electron chi connectivity index (χ2n) is 7.74. The van der Waals surface area contributed by atoms with Crippen LogP contribution in [0.3, 0.4) is 0 Å². The van der Waals surface area contributed by atoms with Gasteiger partial charge in [-0.1, -0.05) is 36.8 Å². The minimum absolute atomic E-state index is 0.321. The van der Waals surface area contributed by atoms with Gasteiger partial charge in [-0.15, -0.1) is 0 Å². The highest BCUT2D eigenvalue weighted by molar-refractivity contribution is 5.80. The SMILES string of the molecule is CN(C)C(=NCc1ccccc1)NCCN1CCN(C(=O)C2CCC2)CC1. The Morgan fingerprint density at radius 1 is 1.15 bits per heavy atom. The van der Waals surface area contributed by atoms with Gasteiger partial charge < -0.3 is 15.1 Å². The van der Waals surface area contributed by atoms with Gasteiger partial charge in [-0.2, -0.15) is 0 Å². The lowest BCUT2D eigenvalue weighted by atomic mass is 9.84. The van der Waals surface area contributed by atoms with E-state index in [1.54, 1.807) is 0 Å². The van der Waals surface area contributed by atoms with Crippen molar-refractivity contribution < 1.29 is 4.79 Å². The molecule has 6 heteroatoms. The molecule has 1 aliphatic heterocycles.